The second kappa shape index (κ2) is 12.0. The predicted octanol–water partition coefficient (Wildman–Crippen LogP) is 5.85. The van der Waals surface area contributed by atoms with Gasteiger partial charge in [0, 0.05) is 53.5 Å². The van der Waals surface area contributed by atoms with Crippen molar-refractivity contribution in [3.05, 3.63) is 89.8 Å². The Morgan fingerprint density at radius 3 is 2.62 bits per heavy atom. The highest BCUT2D eigenvalue weighted by Gasteiger charge is 2.41. The number of H-pyrrole nitrogens is 1. The van der Waals surface area contributed by atoms with Crippen LogP contribution in [0.15, 0.2) is 79.1 Å². The van der Waals surface area contributed by atoms with Gasteiger partial charge in [-0.3, -0.25) is 19.6 Å². The van der Waals surface area contributed by atoms with Gasteiger partial charge in [-0.2, -0.15) is 5.10 Å². The molecule has 228 valence electrons. The Morgan fingerprint density at radius 1 is 1.04 bits per heavy atom. The molecule has 1 atom stereocenters. The van der Waals surface area contributed by atoms with Gasteiger partial charge in [0.25, 0.3) is 0 Å². The summed E-state index contributed by atoms with van der Waals surface area (Å²) in [7, 11) is 0. The molecule has 1 saturated heterocycles. The summed E-state index contributed by atoms with van der Waals surface area (Å²) in [6.07, 6.45) is 7.09. The van der Waals surface area contributed by atoms with E-state index in [0.717, 1.165) is 33.6 Å². The number of benzene rings is 2. The van der Waals surface area contributed by atoms with Crippen molar-refractivity contribution in [1.82, 2.24) is 30.0 Å². The summed E-state index contributed by atoms with van der Waals surface area (Å²) in [4.78, 5) is 41.6. The zero-order chi connectivity index (χ0) is 31.0. The first kappa shape index (κ1) is 29.0. The molecule has 0 aliphatic carbocycles. The van der Waals surface area contributed by atoms with Crippen molar-refractivity contribution in [2.45, 2.75) is 19.8 Å². The number of aromatic nitrogens is 4. The minimum Gasteiger partial charge on any atom is -0.338 e. The maximum atomic E-state index is 13.5. The molecule has 2 N–H and O–H groups in total. The molecule has 2 aromatic carbocycles. The third-order valence-corrected chi connectivity index (χ3v) is 9.83. The summed E-state index contributed by atoms with van der Waals surface area (Å²) in [5.74, 6) is 0.420. The highest BCUT2D eigenvalue weighted by Crippen LogP contribution is 2.35. The van der Waals surface area contributed by atoms with Crippen LogP contribution in [-0.2, 0) is 9.59 Å². The topological polar surface area (TPSA) is 107 Å². The smallest absolute Gasteiger partial charge is 0.237 e. The maximum Gasteiger partial charge on any atom is 0.237 e. The first-order valence-electron chi connectivity index (χ1n) is 15.0. The van der Waals surface area contributed by atoms with Gasteiger partial charge in [0.15, 0.2) is 5.82 Å². The lowest BCUT2D eigenvalue weighted by Gasteiger charge is -2.29. The van der Waals surface area contributed by atoms with E-state index in [1.165, 1.54) is 22.6 Å². The van der Waals surface area contributed by atoms with Gasteiger partial charge in [-0.1, -0.05) is 6.08 Å². The molecule has 0 saturated carbocycles. The molecule has 11 heteroatoms. The monoisotopic (exact) mass is 621 g/mol. The van der Waals surface area contributed by atoms with Gasteiger partial charge in [0.2, 0.25) is 11.8 Å². The zero-order valence-corrected chi connectivity index (χ0v) is 25.6. The summed E-state index contributed by atoms with van der Waals surface area (Å²) < 4.78 is 13.4. The summed E-state index contributed by atoms with van der Waals surface area (Å²) in [6.45, 7) is 4.68. The van der Waals surface area contributed by atoms with Gasteiger partial charge in [-0.25, -0.2) is 14.4 Å². The van der Waals surface area contributed by atoms with Crippen molar-refractivity contribution < 1.29 is 14.0 Å². The molecule has 0 unspecified atom stereocenters. The summed E-state index contributed by atoms with van der Waals surface area (Å²) >= 11 is 1.67. The molecular formula is C34H32FN7O2S. The zero-order valence-electron chi connectivity index (χ0n) is 24.8. The van der Waals surface area contributed by atoms with Crippen LogP contribution >= 0.6 is 11.3 Å². The van der Waals surface area contributed by atoms with Crippen molar-refractivity contribution in [2.75, 3.05) is 38.0 Å². The largest absolute Gasteiger partial charge is 0.338 e. The van der Waals surface area contributed by atoms with E-state index in [-0.39, 0.29) is 17.6 Å². The number of carbonyl (C=O) groups excluding carboxylic acids is 2. The van der Waals surface area contributed by atoms with Gasteiger partial charge in [0.1, 0.15) is 5.82 Å². The average Bonchev–Trinajstić information content (AvgIpc) is 3.81. The number of amides is 2. The molecule has 2 aliphatic rings. The second-order valence-electron chi connectivity index (χ2n) is 11.9. The van der Waals surface area contributed by atoms with Crippen LogP contribution in [0.25, 0.3) is 38.4 Å². The standard InChI is InChI=1S/C34H32FN7O2S/c1-34(33(44)38-25-7-8-27-26(19-25)31(40-39-27)23-3-5-24(35)6-4-23)13-18-41(21-34)20-30(43)42-16-11-22(12-17-42)28-9-10-29(45-28)32-36-14-2-15-37-32/h2-11,14-15,19H,12-13,16-18,20-21H2,1H3,(H,38,44)(H,39,40)/t34-/m1/s1. The van der Waals surface area contributed by atoms with E-state index in [2.05, 4.69) is 48.6 Å². The van der Waals surface area contributed by atoms with Gasteiger partial charge in [0.05, 0.1) is 28.0 Å². The number of nitrogens with one attached hydrogen (secondary N) is 2. The van der Waals surface area contributed by atoms with Crippen LogP contribution in [0.2, 0.25) is 0 Å². The second-order valence-corrected chi connectivity index (χ2v) is 13.0. The Bertz CT molecular complexity index is 1900. The first-order valence-corrected chi connectivity index (χ1v) is 15.8. The van der Waals surface area contributed by atoms with E-state index in [4.69, 9.17) is 0 Å². The van der Waals surface area contributed by atoms with Crippen LogP contribution < -0.4 is 5.32 Å². The van der Waals surface area contributed by atoms with Crippen LogP contribution in [0, 0.1) is 11.2 Å². The molecule has 5 aromatic rings. The predicted molar refractivity (Wildman–Crippen MR) is 174 cm³/mol. The van der Waals surface area contributed by atoms with Crippen LogP contribution in [0.1, 0.15) is 24.6 Å². The van der Waals surface area contributed by atoms with Crippen LogP contribution in [-0.4, -0.2) is 74.5 Å². The van der Waals surface area contributed by atoms with E-state index in [1.54, 1.807) is 35.9 Å². The van der Waals surface area contributed by atoms with Gasteiger partial charge in [-0.05, 0) is 92.5 Å². The number of aromatic amines is 1. The number of anilines is 1. The minimum atomic E-state index is -0.625. The lowest BCUT2D eigenvalue weighted by molar-refractivity contribution is -0.132. The Hall–Kier alpha value is -4.74. The van der Waals surface area contributed by atoms with E-state index in [9.17, 15) is 14.0 Å². The van der Waals surface area contributed by atoms with Crippen molar-refractivity contribution in [2.24, 2.45) is 5.41 Å². The summed E-state index contributed by atoms with van der Waals surface area (Å²) in [6, 6.07) is 17.8. The number of nitrogens with zero attached hydrogens (tertiary/aromatic N) is 5. The number of halogens is 1. The van der Waals surface area contributed by atoms with E-state index < -0.39 is 5.41 Å². The number of thiophene rings is 1. The third-order valence-electron chi connectivity index (χ3n) is 8.67. The van der Waals surface area contributed by atoms with E-state index in [1.807, 2.05) is 36.1 Å². The molecule has 1 fully saturated rings. The Labute approximate surface area is 263 Å². The summed E-state index contributed by atoms with van der Waals surface area (Å²) in [5.41, 5.74) is 3.59. The van der Waals surface area contributed by atoms with Crippen LogP contribution in [0.3, 0.4) is 0 Å². The Morgan fingerprint density at radius 2 is 1.84 bits per heavy atom. The fourth-order valence-corrected chi connectivity index (χ4v) is 7.07. The number of hydrogen-bond donors (Lipinski definition) is 2. The number of rotatable bonds is 7. The Balaban J connectivity index is 0.950. The Kier molecular flexibility index (Phi) is 7.72. The van der Waals surface area contributed by atoms with Gasteiger partial charge in [-0.15, -0.1) is 11.3 Å². The lowest BCUT2D eigenvalue weighted by atomic mass is 9.88. The molecule has 0 spiro atoms. The molecule has 45 heavy (non-hydrogen) atoms. The van der Waals surface area contributed by atoms with Crippen molar-refractivity contribution >= 4 is 45.3 Å². The number of hydrogen-bond acceptors (Lipinski definition) is 7. The highest BCUT2D eigenvalue weighted by molar-refractivity contribution is 7.16. The molecule has 3 aromatic heterocycles. The minimum absolute atomic E-state index is 0.0783. The molecule has 0 bridgehead atoms. The maximum absolute atomic E-state index is 13.5. The van der Waals surface area contributed by atoms with E-state index >= 15 is 0 Å². The summed E-state index contributed by atoms with van der Waals surface area (Å²) in [5, 5.41) is 11.3. The fourth-order valence-electron chi connectivity index (χ4n) is 6.05. The number of fused-ring (bicyclic) bond motifs is 1. The number of carbonyl (C=O) groups is 2. The van der Waals surface area contributed by atoms with E-state index in [0.29, 0.717) is 50.5 Å². The molecular weight excluding hydrogens is 589 g/mol. The third kappa shape index (κ3) is 6.01. The molecule has 2 amide bonds. The fraction of sp³-hybridized carbons (Fsp3) is 0.265. The van der Waals surface area contributed by atoms with Crippen LogP contribution in [0.4, 0.5) is 10.1 Å². The van der Waals surface area contributed by atoms with Gasteiger partial charge >= 0.3 is 0 Å². The molecule has 2 aliphatic heterocycles. The van der Waals surface area contributed by atoms with Gasteiger partial charge < -0.3 is 10.2 Å². The quantitative estimate of drug-likeness (QED) is 0.236. The molecule has 0 radical (unpaired) electrons. The number of likely N-dealkylation sites (tertiary alicyclic amines) is 1. The normalized spacial score (nSPS) is 18.7. The highest BCUT2D eigenvalue weighted by atomic mass is 32.1. The van der Waals surface area contributed by atoms with Crippen molar-refractivity contribution in [3.8, 4) is 22.0 Å². The molecule has 9 nitrogen and oxygen atoms in total. The lowest BCUT2D eigenvalue weighted by Crippen LogP contribution is -2.43. The average molecular weight is 622 g/mol. The molecule has 5 heterocycles. The van der Waals surface area contributed by atoms with Crippen LogP contribution in [0.5, 0.6) is 0 Å². The first-order chi connectivity index (χ1) is 21.8. The SMILES string of the molecule is C[C@@]1(C(=O)Nc2ccc3[nH]nc(-c4ccc(F)cc4)c3c2)CCN(CC(=O)N2CC=C(c3ccc(-c4ncccn4)s3)CC2)C1. The van der Waals surface area contributed by atoms with Crippen molar-refractivity contribution in [3.63, 3.8) is 0 Å². The van der Waals surface area contributed by atoms with Crippen molar-refractivity contribution in [1.29, 1.82) is 0 Å². The molecule has 7 rings (SSSR count).